The normalized spacial score (nSPS) is 16.0. The van der Waals surface area contributed by atoms with E-state index >= 15 is 0 Å². The fourth-order valence-corrected chi connectivity index (χ4v) is 2.46. The molecule has 4 amide bonds. The molecule has 1 aliphatic heterocycles. The van der Waals surface area contributed by atoms with Gasteiger partial charge in [-0.1, -0.05) is 18.2 Å². The van der Waals surface area contributed by atoms with Crippen LogP contribution in [-0.4, -0.2) is 30.1 Å². The van der Waals surface area contributed by atoms with Crippen LogP contribution < -0.4 is 15.0 Å². The topological polar surface area (TPSA) is 95.9 Å². The maximum absolute atomic E-state index is 14.0. The molecule has 0 bridgehead atoms. The van der Waals surface area contributed by atoms with Crippen molar-refractivity contribution in [3.63, 3.8) is 0 Å². The van der Waals surface area contributed by atoms with Gasteiger partial charge >= 0.3 is 6.03 Å². The second-order valence-electron chi connectivity index (χ2n) is 5.34. The third kappa shape index (κ3) is 3.00. The summed E-state index contributed by atoms with van der Waals surface area (Å²) in [7, 11) is 1.35. The number of imide groups is 2. The van der Waals surface area contributed by atoms with E-state index in [9.17, 15) is 23.9 Å². The molecule has 0 unspecified atom stereocenters. The summed E-state index contributed by atoms with van der Waals surface area (Å²) in [5, 5.41) is 11.6. The molecule has 0 aliphatic carbocycles. The number of barbiturate groups is 1. The average Bonchev–Trinajstić information content (AvgIpc) is 2.61. The molecular weight excluding hydrogens is 343 g/mol. The number of benzene rings is 2. The second-order valence-corrected chi connectivity index (χ2v) is 5.34. The number of aromatic hydroxyl groups is 1. The summed E-state index contributed by atoms with van der Waals surface area (Å²) in [5.41, 5.74) is -0.252. The lowest BCUT2D eigenvalue weighted by Gasteiger charge is -2.26. The number of carbonyl (C=O) groups excluding carboxylic acids is 3. The molecule has 8 heteroatoms. The van der Waals surface area contributed by atoms with Crippen molar-refractivity contribution < 1.29 is 28.6 Å². The number of methoxy groups -OCH3 is 1. The van der Waals surface area contributed by atoms with Crippen molar-refractivity contribution in [1.29, 1.82) is 0 Å². The smallest absolute Gasteiger partial charge is 0.336 e. The highest BCUT2D eigenvalue weighted by molar-refractivity contribution is 6.39. The summed E-state index contributed by atoms with van der Waals surface area (Å²) in [6.07, 6.45) is 1.22. The van der Waals surface area contributed by atoms with E-state index < -0.39 is 23.7 Å². The first-order valence-electron chi connectivity index (χ1n) is 7.45. The SMILES string of the molecule is COc1cc(/C=C2\C(=O)NC(=O)N(c3ccccc3F)C2=O)ccc1O. The quantitative estimate of drug-likeness (QED) is 0.649. The van der Waals surface area contributed by atoms with Crippen molar-refractivity contribution in [3.8, 4) is 11.5 Å². The highest BCUT2D eigenvalue weighted by Crippen LogP contribution is 2.29. The molecule has 3 rings (SSSR count). The van der Waals surface area contributed by atoms with Crippen LogP contribution in [0.3, 0.4) is 0 Å². The van der Waals surface area contributed by atoms with Crippen LogP contribution in [-0.2, 0) is 9.59 Å². The zero-order valence-electron chi connectivity index (χ0n) is 13.5. The van der Waals surface area contributed by atoms with Gasteiger partial charge in [-0.3, -0.25) is 14.9 Å². The van der Waals surface area contributed by atoms with E-state index in [1.807, 2.05) is 5.32 Å². The monoisotopic (exact) mass is 356 g/mol. The Bertz CT molecular complexity index is 954. The van der Waals surface area contributed by atoms with Crippen molar-refractivity contribution in [1.82, 2.24) is 5.32 Å². The van der Waals surface area contributed by atoms with Crippen LogP contribution in [0.1, 0.15) is 5.56 Å². The number of nitrogens with zero attached hydrogens (tertiary/aromatic N) is 1. The number of anilines is 1. The summed E-state index contributed by atoms with van der Waals surface area (Å²) in [5.74, 6) is -2.62. The van der Waals surface area contributed by atoms with Gasteiger partial charge in [0.15, 0.2) is 11.5 Å². The first-order chi connectivity index (χ1) is 12.4. The van der Waals surface area contributed by atoms with Crippen molar-refractivity contribution in [3.05, 3.63) is 59.4 Å². The summed E-state index contributed by atoms with van der Waals surface area (Å²) in [4.78, 5) is 37.3. The summed E-state index contributed by atoms with van der Waals surface area (Å²) < 4.78 is 19.0. The van der Waals surface area contributed by atoms with E-state index in [0.717, 1.165) is 6.07 Å². The fraction of sp³-hybridized carbons (Fsp3) is 0.0556. The zero-order valence-corrected chi connectivity index (χ0v) is 13.5. The first-order valence-corrected chi connectivity index (χ1v) is 7.45. The number of phenols is 1. The van der Waals surface area contributed by atoms with Crippen LogP contribution >= 0.6 is 0 Å². The molecule has 0 aromatic heterocycles. The fourth-order valence-electron chi connectivity index (χ4n) is 2.46. The van der Waals surface area contributed by atoms with Crippen molar-refractivity contribution in [2.24, 2.45) is 0 Å². The number of amides is 4. The van der Waals surface area contributed by atoms with E-state index in [1.54, 1.807) is 0 Å². The van der Waals surface area contributed by atoms with Gasteiger partial charge in [0.25, 0.3) is 11.8 Å². The summed E-state index contributed by atoms with van der Waals surface area (Å²) in [6.45, 7) is 0. The van der Waals surface area contributed by atoms with Crippen LogP contribution in [0.4, 0.5) is 14.9 Å². The number of rotatable bonds is 3. The van der Waals surface area contributed by atoms with Gasteiger partial charge in [0.1, 0.15) is 11.4 Å². The number of ether oxygens (including phenoxy) is 1. The Morgan fingerprint density at radius 3 is 2.58 bits per heavy atom. The average molecular weight is 356 g/mol. The Morgan fingerprint density at radius 2 is 1.88 bits per heavy atom. The molecule has 1 heterocycles. The Hall–Kier alpha value is -3.68. The molecule has 132 valence electrons. The maximum Gasteiger partial charge on any atom is 0.336 e. The predicted molar refractivity (Wildman–Crippen MR) is 90.1 cm³/mol. The first kappa shape index (κ1) is 17.2. The van der Waals surface area contributed by atoms with Crippen LogP contribution in [0.5, 0.6) is 11.5 Å². The Kier molecular flexibility index (Phi) is 4.40. The van der Waals surface area contributed by atoms with Gasteiger partial charge < -0.3 is 9.84 Å². The second kappa shape index (κ2) is 6.67. The lowest BCUT2D eigenvalue weighted by Crippen LogP contribution is -2.54. The number of halogens is 1. The molecule has 0 atom stereocenters. The minimum Gasteiger partial charge on any atom is -0.504 e. The number of urea groups is 1. The third-order valence-electron chi connectivity index (χ3n) is 3.71. The number of para-hydroxylation sites is 1. The van der Waals surface area contributed by atoms with E-state index in [0.29, 0.717) is 10.5 Å². The molecule has 0 spiro atoms. The number of carbonyl (C=O) groups is 3. The van der Waals surface area contributed by atoms with E-state index in [4.69, 9.17) is 4.74 Å². The largest absolute Gasteiger partial charge is 0.504 e. The van der Waals surface area contributed by atoms with Crippen molar-refractivity contribution >= 4 is 29.6 Å². The van der Waals surface area contributed by atoms with E-state index in [-0.39, 0.29) is 22.8 Å². The number of nitrogens with one attached hydrogen (secondary N) is 1. The van der Waals surface area contributed by atoms with Gasteiger partial charge in [0.2, 0.25) is 0 Å². The number of phenolic OH excluding ortho intramolecular Hbond substituents is 1. The molecule has 2 N–H and O–H groups in total. The minimum absolute atomic E-state index is 0.114. The molecule has 7 nitrogen and oxygen atoms in total. The number of hydrogen-bond acceptors (Lipinski definition) is 5. The summed E-state index contributed by atoms with van der Waals surface area (Å²) >= 11 is 0. The standard InChI is InChI=1S/C18H13FN2O5/c1-26-15-9-10(6-7-14(15)22)8-11-16(23)20-18(25)21(17(11)24)13-5-3-2-4-12(13)19/h2-9,22H,1H3,(H,20,23,25)/b11-8+. The molecular formula is C18H13FN2O5. The Labute approximate surface area is 147 Å². The molecule has 2 aromatic rings. The van der Waals surface area contributed by atoms with Gasteiger partial charge in [0, 0.05) is 0 Å². The molecule has 1 fully saturated rings. The molecule has 0 saturated carbocycles. The zero-order chi connectivity index (χ0) is 18.8. The molecule has 26 heavy (non-hydrogen) atoms. The van der Waals surface area contributed by atoms with E-state index in [2.05, 4.69) is 0 Å². The van der Waals surface area contributed by atoms with Gasteiger partial charge in [-0.2, -0.15) is 0 Å². The highest BCUT2D eigenvalue weighted by Gasteiger charge is 2.37. The van der Waals surface area contributed by atoms with Crippen LogP contribution in [0, 0.1) is 5.82 Å². The van der Waals surface area contributed by atoms with Gasteiger partial charge in [-0.25, -0.2) is 14.1 Å². The molecule has 2 aromatic carbocycles. The lowest BCUT2D eigenvalue weighted by atomic mass is 10.1. The molecule has 1 saturated heterocycles. The Morgan fingerprint density at radius 1 is 1.15 bits per heavy atom. The predicted octanol–water partition coefficient (Wildman–Crippen LogP) is 2.21. The lowest BCUT2D eigenvalue weighted by molar-refractivity contribution is -0.122. The Balaban J connectivity index is 2.04. The third-order valence-corrected chi connectivity index (χ3v) is 3.71. The molecule has 1 aliphatic rings. The highest BCUT2D eigenvalue weighted by atomic mass is 19.1. The minimum atomic E-state index is -1.04. The van der Waals surface area contributed by atoms with Crippen LogP contribution in [0.15, 0.2) is 48.0 Å². The molecule has 0 radical (unpaired) electrons. The van der Waals surface area contributed by atoms with Gasteiger partial charge in [0.05, 0.1) is 12.8 Å². The summed E-state index contributed by atoms with van der Waals surface area (Å²) in [6, 6.07) is 8.38. The van der Waals surface area contributed by atoms with Crippen LogP contribution in [0.25, 0.3) is 6.08 Å². The van der Waals surface area contributed by atoms with Crippen LogP contribution in [0.2, 0.25) is 0 Å². The van der Waals surface area contributed by atoms with Crippen molar-refractivity contribution in [2.45, 2.75) is 0 Å². The number of hydrogen-bond donors (Lipinski definition) is 2. The van der Waals surface area contributed by atoms with Gasteiger partial charge in [-0.15, -0.1) is 0 Å². The van der Waals surface area contributed by atoms with E-state index in [1.165, 1.54) is 49.6 Å². The van der Waals surface area contributed by atoms with Crippen molar-refractivity contribution in [2.75, 3.05) is 12.0 Å². The van der Waals surface area contributed by atoms with Gasteiger partial charge in [-0.05, 0) is 35.9 Å². The maximum atomic E-state index is 14.0.